The Labute approximate surface area is 163 Å². The van der Waals surface area contributed by atoms with Crippen LogP contribution in [0.2, 0.25) is 0 Å². The molecule has 3 heterocycles. The van der Waals surface area contributed by atoms with Gasteiger partial charge >= 0.3 is 6.18 Å². The van der Waals surface area contributed by atoms with Crippen molar-refractivity contribution in [2.75, 3.05) is 26.2 Å². The fourth-order valence-electron chi connectivity index (χ4n) is 3.41. The number of alkyl halides is 3. The molecule has 0 bridgehead atoms. The first kappa shape index (κ1) is 20.8. The van der Waals surface area contributed by atoms with Crippen molar-refractivity contribution < 1.29 is 32.3 Å². The van der Waals surface area contributed by atoms with E-state index < -0.39 is 18.6 Å². The second-order valence-electron chi connectivity index (χ2n) is 7.04. The van der Waals surface area contributed by atoms with Crippen molar-refractivity contribution in [2.24, 2.45) is 0 Å². The lowest BCUT2D eigenvalue weighted by molar-refractivity contribution is -0.145. The number of halogens is 3. The van der Waals surface area contributed by atoms with Crippen LogP contribution in [0.3, 0.4) is 0 Å². The Bertz CT molecular complexity index is 798. The van der Waals surface area contributed by atoms with E-state index in [0.717, 1.165) is 4.90 Å². The Morgan fingerprint density at radius 3 is 2.38 bits per heavy atom. The van der Waals surface area contributed by atoms with Crippen molar-refractivity contribution in [3.63, 3.8) is 0 Å². The van der Waals surface area contributed by atoms with E-state index in [4.69, 9.17) is 0 Å². The fourth-order valence-corrected chi connectivity index (χ4v) is 3.41. The Balaban J connectivity index is 1.50. The minimum Gasteiger partial charge on any atom is -0.342 e. The van der Waals surface area contributed by atoms with Gasteiger partial charge in [-0.1, -0.05) is 0 Å². The predicted octanol–water partition coefficient (Wildman–Crippen LogP) is 0.557. The summed E-state index contributed by atoms with van der Waals surface area (Å²) in [5.41, 5.74) is 0.480. The van der Waals surface area contributed by atoms with E-state index in [-0.39, 0.29) is 48.7 Å². The highest BCUT2D eigenvalue weighted by Gasteiger charge is 2.33. The number of carbonyl (C=O) groups excluding carboxylic acids is 4. The van der Waals surface area contributed by atoms with Crippen LogP contribution in [0, 0.1) is 0 Å². The first-order valence-corrected chi connectivity index (χ1v) is 9.15. The first-order chi connectivity index (χ1) is 13.6. The van der Waals surface area contributed by atoms with E-state index in [9.17, 15) is 32.3 Å². The van der Waals surface area contributed by atoms with Gasteiger partial charge in [-0.3, -0.25) is 29.2 Å². The fraction of sp³-hybridized carbons (Fsp3) is 0.588. The van der Waals surface area contributed by atoms with Gasteiger partial charge in [0.25, 0.3) is 5.91 Å². The van der Waals surface area contributed by atoms with Crippen molar-refractivity contribution in [1.29, 1.82) is 0 Å². The highest BCUT2D eigenvalue weighted by atomic mass is 19.4. The summed E-state index contributed by atoms with van der Waals surface area (Å²) < 4.78 is 36.6. The lowest BCUT2D eigenvalue weighted by atomic mass is 9.93. The van der Waals surface area contributed by atoms with Gasteiger partial charge in [0, 0.05) is 37.5 Å². The molecule has 0 aliphatic carbocycles. The maximum Gasteiger partial charge on any atom is 0.405 e. The second kappa shape index (κ2) is 8.21. The molecule has 1 aromatic heterocycles. The zero-order valence-electron chi connectivity index (χ0n) is 15.4. The maximum absolute atomic E-state index is 12.3. The molecule has 2 fully saturated rings. The van der Waals surface area contributed by atoms with Crippen molar-refractivity contribution in [1.82, 2.24) is 25.3 Å². The molecular weight excluding hydrogens is 395 g/mol. The number of carbonyl (C=O) groups is 4. The van der Waals surface area contributed by atoms with Crippen LogP contribution in [-0.2, 0) is 14.4 Å². The molecule has 12 heteroatoms. The normalized spacial score (nSPS) is 18.4. The molecule has 0 unspecified atom stereocenters. The smallest absolute Gasteiger partial charge is 0.342 e. The zero-order chi connectivity index (χ0) is 21.2. The van der Waals surface area contributed by atoms with E-state index in [0.29, 0.717) is 31.6 Å². The lowest BCUT2D eigenvalue weighted by Crippen LogP contribution is -2.45. The van der Waals surface area contributed by atoms with Gasteiger partial charge in [0.05, 0.1) is 0 Å². The van der Waals surface area contributed by atoms with Crippen LogP contribution < -0.4 is 5.32 Å². The summed E-state index contributed by atoms with van der Waals surface area (Å²) in [5, 5.41) is 8.20. The van der Waals surface area contributed by atoms with Crippen molar-refractivity contribution in [3.05, 3.63) is 17.5 Å². The minimum absolute atomic E-state index is 0.0363. The summed E-state index contributed by atoms with van der Waals surface area (Å²) in [7, 11) is 0. The molecule has 3 rings (SSSR count). The number of imide groups is 1. The van der Waals surface area contributed by atoms with E-state index in [1.807, 2.05) is 0 Å². The SMILES string of the molecule is O=C(NCC(F)(F)F)c1cc(C2CCN(C(=O)CN3C(=O)CCC3=O)CC2)[nH]n1. The van der Waals surface area contributed by atoms with Crippen molar-refractivity contribution in [2.45, 2.75) is 37.8 Å². The molecule has 0 spiro atoms. The third-order valence-corrected chi connectivity index (χ3v) is 5.02. The minimum atomic E-state index is -4.50. The van der Waals surface area contributed by atoms with Gasteiger partial charge < -0.3 is 10.2 Å². The summed E-state index contributed by atoms with van der Waals surface area (Å²) in [6.45, 7) is -0.894. The Morgan fingerprint density at radius 2 is 1.79 bits per heavy atom. The highest BCUT2D eigenvalue weighted by molar-refractivity contribution is 6.04. The van der Waals surface area contributed by atoms with Crippen LogP contribution in [0.25, 0.3) is 0 Å². The molecule has 29 heavy (non-hydrogen) atoms. The van der Waals surface area contributed by atoms with Gasteiger partial charge in [-0.05, 0) is 18.9 Å². The summed E-state index contributed by atoms with van der Waals surface area (Å²) in [6, 6.07) is 1.41. The molecule has 2 saturated heterocycles. The zero-order valence-corrected chi connectivity index (χ0v) is 15.4. The number of nitrogens with one attached hydrogen (secondary N) is 2. The molecule has 2 N–H and O–H groups in total. The van der Waals surface area contributed by atoms with E-state index in [2.05, 4.69) is 10.2 Å². The van der Waals surface area contributed by atoms with E-state index in [1.165, 1.54) is 6.07 Å². The van der Waals surface area contributed by atoms with Crippen LogP contribution in [0.5, 0.6) is 0 Å². The van der Waals surface area contributed by atoms with Gasteiger partial charge in [0.15, 0.2) is 0 Å². The van der Waals surface area contributed by atoms with E-state index in [1.54, 1.807) is 10.2 Å². The molecule has 4 amide bonds. The molecule has 0 aromatic carbocycles. The molecule has 0 saturated carbocycles. The number of piperidine rings is 1. The number of hydrogen-bond acceptors (Lipinski definition) is 5. The molecule has 2 aliphatic heterocycles. The second-order valence-corrected chi connectivity index (χ2v) is 7.04. The highest BCUT2D eigenvalue weighted by Crippen LogP contribution is 2.27. The third kappa shape index (κ3) is 5.12. The van der Waals surface area contributed by atoms with Gasteiger partial charge in [-0.2, -0.15) is 18.3 Å². The Kier molecular flexibility index (Phi) is 5.89. The van der Waals surface area contributed by atoms with Gasteiger partial charge in [-0.15, -0.1) is 0 Å². The first-order valence-electron chi connectivity index (χ1n) is 9.15. The predicted molar refractivity (Wildman–Crippen MR) is 91.5 cm³/mol. The summed E-state index contributed by atoms with van der Waals surface area (Å²) in [4.78, 5) is 49.9. The van der Waals surface area contributed by atoms with Gasteiger partial charge in [0.2, 0.25) is 17.7 Å². The van der Waals surface area contributed by atoms with E-state index >= 15 is 0 Å². The molecule has 1 aromatic rings. The number of H-pyrrole nitrogens is 1. The Hall–Kier alpha value is -2.92. The quantitative estimate of drug-likeness (QED) is 0.682. The van der Waals surface area contributed by atoms with Crippen molar-refractivity contribution >= 4 is 23.6 Å². The summed E-state index contributed by atoms with van der Waals surface area (Å²) in [5.74, 6) is -1.94. The lowest BCUT2D eigenvalue weighted by Gasteiger charge is -2.32. The molecule has 2 aliphatic rings. The number of aromatic nitrogens is 2. The number of aromatic amines is 1. The Morgan fingerprint density at radius 1 is 1.17 bits per heavy atom. The number of likely N-dealkylation sites (tertiary alicyclic amines) is 2. The number of hydrogen-bond donors (Lipinski definition) is 2. The van der Waals surface area contributed by atoms with Crippen LogP contribution in [0.15, 0.2) is 6.07 Å². The third-order valence-electron chi connectivity index (χ3n) is 5.02. The summed E-state index contributed by atoms with van der Waals surface area (Å²) >= 11 is 0. The average molecular weight is 415 g/mol. The van der Waals surface area contributed by atoms with Crippen molar-refractivity contribution in [3.8, 4) is 0 Å². The monoisotopic (exact) mass is 415 g/mol. The molecule has 0 atom stereocenters. The molecule has 9 nitrogen and oxygen atoms in total. The van der Waals surface area contributed by atoms with Crippen LogP contribution in [0.1, 0.15) is 47.8 Å². The van der Waals surface area contributed by atoms with Gasteiger partial charge in [-0.25, -0.2) is 0 Å². The maximum atomic E-state index is 12.3. The van der Waals surface area contributed by atoms with Crippen LogP contribution in [0.4, 0.5) is 13.2 Å². The number of nitrogens with zero attached hydrogens (tertiary/aromatic N) is 3. The van der Waals surface area contributed by atoms with Crippen LogP contribution in [-0.4, -0.2) is 76.0 Å². The summed E-state index contributed by atoms with van der Waals surface area (Å²) in [6.07, 6.45) is -3.13. The molecule has 158 valence electrons. The molecular formula is C17H20F3N5O4. The van der Waals surface area contributed by atoms with Crippen LogP contribution >= 0.6 is 0 Å². The average Bonchev–Trinajstić information content (AvgIpc) is 3.28. The number of rotatable bonds is 5. The topological polar surface area (TPSA) is 115 Å². The van der Waals surface area contributed by atoms with Gasteiger partial charge in [0.1, 0.15) is 18.8 Å². The number of amides is 4. The largest absolute Gasteiger partial charge is 0.405 e. The standard InChI is InChI=1S/C17H20F3N5O4/c18-17(19,20)9-21-16(29)12-7-11(22-23-12)10-3-5-24(6-4-10)15(28)8-25-13(26)1-2-14(25)27/h7,10H,1-6,8-9H2,(H,21,29)(H,22,23). The molecule has 0 radical (unpaired) electrons.